The predicted molar refractivity (Wildman–Crippen MR) is 109 cm³/mol. The second-order valence-electron chi connectivity index (χ2n) is 9.40. The number of hydrogen-bond acceptors (Lipinski definition) is 7. The summed E-state index contributed by atoms with van der Waals surface area (Å²) in [7, 11) is 0. The van der Waals surface area contributed by atoms with Crippen LogP contribution in [0.3, 0.4) is 0 Å². The van der Waals surface area contributed by atoms with Crippen molar-refractivity contribution < 1.29 is 24.2 Å². The summed E-state index contributed by atoms with van der Waals surface area (Å²) in [6.07, 6.45) is 3.52. The van der Waals surface area contributed by atoms with Crippen LogP contribution in [-0.2, 0) is 27.4 Å². The molecule has 4 aliphatic rings. The number of aliphatic hydroxyl groups is 1. The molecule has 3 fully saturated rings. The van der Waals surface area contributed by atoms with Crippen molar-refractivity contribution in [2.75, 3.05) is 6.61 Å². The van der Waals surface area contributed by atoms with Crippen molar-refractivity contribution in [2.45, 2.75) is 57.0 Å². The van der Waals surface area contributed by atoms with E-state index < -0.39 is 18.1 Å². The van der Waals surface area contributed by atoms with Gasteiger partial charge in [-0.15, -0.1) is 5.10 Å². The van der Waals surface area contributed by atoms with Crippen molar-refractivity contribution in [1.82, 2.24) is 25.2 Å². The second kappa shape index (κ2) is 6.94. The predicted octanol–water partition coefficient (Wildman–Crippen LogP) is 0.246. The number of imide groups is 1. The van der Waals surface area contributed by atoms with Crippen LogP contribution < -0.4 is 5.32 Å². The van der Waals surface area contributed by atoms with Gasteiger partial charge in [0.1, 0.15) is 11.7 Å². The number of benzene rings is 1. The zero-order chi connectivity index (χ0) is 22.0. The van der Waals surface area contributed by atoms with Gasteiger partial charge >= 0.3 is 0 Å². The molecule has 1 saturated carbocycles. The van der Waals surface area contributed by atoms with Crippen molar-refractivity contribution >= 4 is 17.7 Å². The Balaban J connectivity index is 1.20. The van der Waals surface area contributed by atoms with Crippen molar-refractivity contribution in [3.63, 3.8) is 0 Å². The zero-order valence-corrected chi connectivity index (χ0v) is 17.4. The fraction of sp³-hybridized carbons (Fsp3) is 0.500. The molecular formula is C22H23N5O5. The lowest BCUT2D eigenvalue weighted by atomic mass is 9.88. The fourth-order valence-electron chi connectivity index (χ4n) is 5.55. The van der Waals surface area contributed by atoms with Gasteiger partial charge in [-0.25, -0.2) is 0 Å². The van der Waals surface area contributed by atoms with Crippen LogP contribution >= 0.6 is 0 Å². The van der Waals surface area contributed by atoms with Crippen LogP contribution in [0.25, 0.3) is 11.3 Å². The molecule has 3 aliphatic heterocycles. The molecule has 4 atom stereocenters. The Morgan fingerprint density at radius 3 is 2.88 bits per heavy atom. The summed E-state index contributed by atoms with van der Waals surface area (Å²) >= 11 is 0. The van der Waals surface area contributed by atoms with Crippen molar-refractivity contribution in [2.24, 2.45) is 5.41 Å². The van der Waals surface area contributed by atoms with Crippen molar-refractivity contribution in [1.29, 1.82) is 0 Å². The van der Waals surface area contributed by atoms with Gasteiger partial charge in [-0.05, 0) is 37.0 Å². The SMILES string of the molecule is O=C1CCC(N2Cc3cc(-c4cn(C[C@]56CO[C@H](C5)[C@H](O)C6)nn4)ccc3C2=O)C(=O)N1. The van der Waals surface area contributed by atoms with Gasteiger partial charge in [0, 0.05) is 29.5 Å². The van der Waals surface area contributed by atoms with Crippen molar-refractivity contribution in [3.05, 3.63) is 35.5 Å². The van der Waals surface area contributed by atoms with E-state index in [0.717, 1.165) is 17.5 Å². The molecule has 1 aromatic heterocycles. The van der Waals surface area contributed by atoms with Crippen LogP contribution in [0, 0.1) is 5.41 Å². The van der Waals surface area contributed by atoms with Crippen LogP contribution in [0.4, 0.5) is 0 Å². The molecule has 32 heavy (non-hydrogen) atoms. The number of nitrogens with zero attached hydrogens (tertiary/aromatic N) is 4. The number of fused-ring (bicyclic) bond motifs is 3. The number of rotatable bonds is 4. The van der Waals surface area contributed by atoms with E-state index >= 15 is 0 Å². The Kier molecular flexibility index (Phi) is 4.25. The average Bonchev–Trinajstić information content (AvgIpc) is 3.52. The lowest BCUT2D eigenvalue weighted by molar-refractivity contribution is -0.136. The summed E-state index contributed by atoms with van der Waals surface area (Å²) in [5.74, 6) is -0.911. The lowest BCUT2D eigenvalue weighted by Crippen LogP contribution is -2.52. The maximum absolute atomic E-state index is 12.9. The summed E-state index contributed by atoms with van der Waals surface area (Å²) in [5, 5.41) is 21.0. The van der Waals surface area contributed by atoms with Gasteiger partial charge in [-0.3, -0.25) is 24.4 Å². The molecular weight excluding hydrogens is 414 g/mol. The number of carbonyl (C=O) groups excluding carboxylic acids is 3. The quantitative estimate of drug-likeness (QED) is 0.657. The molecule has 10 nitrogen and oxygen atoms in total. The van der Waals surface area contributed by atoms with Gasteiger partial charge < -0.3 is 14.7 Å². The van der Waals surface area contributed by atoms with Gasteiger partial charge in [0.15, 0.2) is 0 Å². The lowest BCUT2D eigenvalue weighted by Gasteiger charge is -2.29. The summed E-state index contributed by atoms with van der Waals surface area (Å²) < 4.78 is 7.47. The van der Waals surface area contributed by atoms with E-state index in [0.29, 0.717) is 43.8 Å². The molecule has 3 amide bonds. The first-order chi connectivity index (χ1) is 15.4. The summed E-state index contributed by atoms with van der Waals surface area (Å²) in [4.78, 5) is 38.1. The first-order valence-corrected chi connectivity index (χ1v) is 10.9. The number of aliphatic hydroxyl groups excluding tert-OH is 1. The third-order valence-electron chi connectivity index (χ3n) is 7.16. The molecule has 2 saturated heterocycles. The van der Waals surface area contributed by atoms with E-state index in [1.54, 1.807) is 10.7 Å². The highest BCUT2D eigenvalue weighted by Crippen LogP contribution is 2.47. The molecule has 4 heterocycles. The van der Waals surface area contributed by atoms with E-state index in [9.17, 15) is 19.5 Å². The van der Waals surface area contributed by atoms with Gasteiger partial charge in [0.25, 0.3) is 5.91 Å². The second-order valence-corrected chi connectivity index (χ2v) is 9.40. The van der Waals surface area contributed by atoms with Crippen LogP contribution in [0.5, 0.6) is 0 Å². The molecule has 0 spiro atoms. The number of amides is 3. The molecule has 1 aromatic carbocycles. The molecule has 166 valence electrons. The molecule has 10 heteroatoms. The van der Waals surface area contributed by atoms with Gasteiger partial charge in [0.05, 0.1) is 31.6 Å². The molecule has 6 rings (SSSR count). The summed E-state index contributed by atoms with van der Waals surface area (Å²) in [5.41, 5.74) is 2.85. The molecule has 2 N–H and O–H groups in total. The third kappa shape index (κ3) is 3.05. The Morgan fingerprint density at radius 2 is 2.12 bits per heavy atom. The maximum Gasteiger partial charge on any atom is 0.255 e. The Morgan fingerprint density at radius 1 is 1.25 bits per heavy atom. The average molecular weight is 437 g/mol. The highest BCUT2D eigenvalue weighted by atomic mass is 16.5. The Bertz CT molecular complexity index is 1140. The van der Waals surface area contributed by atoms with Gasteiger partial charge in [0.2, 0.25) is 11.8 Å². The number of aromatic nitrogens is 3. The highest BCUT2D eigenvalue weighted by Gasteiger charge is 2.51. The largest absolute Gasteiger partial charge is 0.390 e. The van der Waals surface area contributed by atoms with Crippen LogP contribution in [-0.4, -0.2) is 67.6 Å². The van der Waals surface area contributed by atoms with Gasteiger partial charge in [-0.1, -0.05) is 11.3 Å². The monoisotopic (exact) mass is 437 g/mol. The molecule has 0 radical (unpaired) electrons. The number of hydrogen-bond donors (Lipinski definition) is 2. The summed E-state index contributed by atoms with van der Waals surface area (Å²) in [6.45, 7) is 1.59. The van der Waals surface area contributed by atoms with E-state index in [1.165, 1.54) is 4.90 Å². The Hall–Kier alpha value is -3.11. The van der Waals surface area contributed by atoms with Gasteiger partial charge in [-0.2, -0.15) is 0 Å². The third-order valence-corrected chi connectivity index (χ3v) is 7.16. The van der Waals surface area contributed by atoms with E-state index in [2.05, 4.69) is 15.6 Å². The molecule has 1 aliphatic carbocycles. The number of carbonyl (C=O) groups is 3. The Labute approximate surface area is 183 Å². The molecule has 1 unspecified atom stereocenters. The number of ether oxygens (including phenoxy) is 1. The van der Waals surface area contributed by atoms with Crippen molar-refractivity contribution in [3.8, 4) is 11.3 Å². The fourth-order valence-corrected chi connectivity index (χ4v) is 5.55. The van der Waals surface area contributed by atoms with E-state index in [-0.39, 0.29) is 29.8 Å². The standard InChI is InChI=1S/C22H23N5O5/c28-17-6-22(7-18(17)32-11-22)10-26-9-15(24-25-26)12-1-2-14-13(5-12)8-27(21(14)31)16-3-4-19(29)23-20(16)30/h1-2,5,9,16-18,28H,3-4,6-8,10-11H2,(H,23,29,30)/t16?,17-,18-,22-/m1/s1. The minimum Gasteiger partial charge on any atom is -0.390 e. The smallest absolute Gasteiger partial charge is 0.255 e. The first-order valence-electron chi connectivity index (χ1n) is 10.9. The number of nitrogens with one attached hydrogen (secondary N) is 1. The topological polar surface area (TPSA) is 127 Å². The van der Waals surface area contributed by atoms with Crippen LogP contribution in [0.2, 0.25) is 0 Å². The van der Waals surface area contributed by atoms with E-state index in [1.807, 2.05) is 18.3 Å². The minimum atomic E-state index is -0.629. The van der Waals surface area contributed by atoms with E-state index in [4.69, 9.17) is 4.74 Å². The normalized spacial score (nSPS) is 31.3. The van der Waals surface area contributed by atoms with Crippen LogP contribution in [0.1, 0.15) is 41.6 Å². The molecule has 2 aromatic rings. The minimum absolute atomic E-state index is 0.0699. The number of piperidine rings is 1. The zero-order valence-electron chi connectivity index (χ0n) is 17.4. The highest BCUT2D eigenvalue weighted by molar-refractivity contribution is 6.05. The maximum atomic E-state index is 12.9. The van der Waals surface area contributed by atoms with Crippen LogP contribution in [0.15, 0.2) is 24.4 Å². The summed E-state index contributed by atoms with van der Waals surface area (Å²) in [6, 6.07) is 4.89. The first kappa shape index (κ1) is 19.6. The molecule has 2 bridgehead atoms.